The van der Waals surface area contributed by atoms with E-state index >= 15 is 0 Å². The molecule has 4 rings (SSSR count). The minimum atomic E-state index is -4.74. The first-order valence-corrected chi connectivity index (χ1v) is 17.0. The summed E-state index contributed by atoms with van der Waals surface area (Å²) in [6.45, 7) is 8.03. The predicted octanol–water partition coefficient (Wildman–Crippen LogP) is 5.96. The number of alkyl halides is 3. The summed E-state index contributed by atoms with van der Waals surface area (Å²) in [6.07, 6.45) is -6.14. The van der Waals surface area contributed by atoms with Crippen molar-refractivity contribution in [2.24, 2.45) is 10.7 Å². The van der Waals surface area contributed by atoms with Gasteiger partial charge in [0.2, 0.25) is 5.28 Å². The molecule has 0 radical (unpaired) electrons. The minimum absolute atomic E-state index is 0.0824. The largest absolute Gasteiger partial charge is 0.569 e. The molecule has 0 aliphatic heterocycles. The second-order valence-electron chi connectivity index (χ2n) is 12.6. The number of aryl methyl sites for hydroxylation is 1. The number of amides is 1. The van der Waals surface area contributed by atoms with E-state index in [0.29, 0.717) is 11.1 Å². The van der Waals surface area contributed by atoms with Gasteiger partial charge in [-0.25, -0.2) is 17.8 Å². The molecule has 13 nitrogen and oxygen atoms in total. The van der Waals surface area contributed by atoms with Crippen LogP contribution in [0.15, 0.2) is 95.1 Å². The average molecular weight is 731 g/mol. The van der Waals surface area contributed by atoms with E-state index < -0.39 is 51.5 Å². The van der Waals surface area contributed by atoms with Crippen molar-refractivity contribution in [2.45, 2.75) is 64.4 Å². The van der Waals surface area contributed by atoms with Gasteiger partial charge in [-0.1, -0.05) is 60.2 Å². The van der Waals surface area contributed by atoms with Crippen LogP contribution in [0.5, 0.6) is 0 Å². The van der Waals surface area contributed by atoms with Crippen LogP contribution in [-0.4, -0.2) is 59.4 Å². The number of carbonyl (C=O) groups excluding carboxylic acids is 2. The number of ether oxygens (including phenoxy) is 1. The van der Waals surface area contributed by atoms with Gasteiger partial charge in [0.15, 0.2) is 11.7 Å². The molecule has 51 heavy (non-hydrogen) atoms. The number of hydrogen-bond acceptors (Lipinski definition) is 9. The SMILES string of the molecule is Cc1ccc(-c2cc(C(F)(F)F)nn2-c2ccc(S(=O)(=O)NC(=O)[C@H](Cc3ccccc3)N(C)/[N+]([O-])=N/OC(C)OC(=O)C(C)(C)C)cc2)cc1. The summed E-state index contributed by atoms with van der Waals surface area (Å²) < 4.78 is 75.8. The lowest BCUT2D eigenvalue weighted by Gasteiger charge is -2.24. The molecule has 1 heterocycles. The van der Waals surface area contributed by atoms with Crippen molar-refractivity contribution >= 4 is 21.9 Å². The quantitative estimate of drug-likeness (QED) is 0.0611. The number of rotatable bonds is 12. The van der Waals surface area contributed by atoms with E-state index in [1.54, 1.807) is 75.4 Å². The number of aromatic nitrogens is 2. The zero-order valence-electron chi connectivity index (χ0n) is 28.6. The average Bonchev–Trinajstić information content (AvgIpc) is 3.52. The smallest absolute Gasteiger partial charge is 0.435 e. The first kappa shape index (κ1) is 38.4. The van der Waals surface area contributed by atoms with Crippen LogP contribution in [0, 0.1) is 17.5 Å². The molecule has 1 unspecified atom stereocenters. The van der Waals surface area contributed by atoms with Crippen molar-refractivity contribution in [3.8, 4) is 16.9 Å². The molecule has 0 saturated heterocycles. The van der Waals surface area contributed by atoms with Crippen LogP contribution in [0.3, 0.4) is 0 Å². The van der Waals surface area contributed by atoms with Crippen molar-refractivity contribution in [3.63, 3.8) is 0 Å². The Hall–Kier alpha value is -5.45. The molecule has 2 atom stereocenters. The van der Waals surface area contributed by atoms with Crippen molar-refractivity contribution in [1.29, 1.82) is 0 Å². The molecule has 0 fully saturated rings. The van der Waals surface area contributed by atoms with Crippen molar-refractivity contribution in [1.82, 2.24) is 19.5 Å². The Kier molecular flexibility index (Phi) is 11.4. The van der Waals surface area contributed by atoms with Gasteiger partial charge in [-0.2, -0.15) is 18.3 Å². The summed E-state index contributed by atoms with van der Waals surface area (Å²) in [7, 11) is -3.38. The highest BCUT2D eigenvalue weighted by Crippen LogP contribution is 2.33. The summed E-state index contributed by atoms with van der Waals surface area (Å²) in [4.78, 5) is 30.1. The molecule has 0 aliphatic rings. The molecule has 0 saturated carbocycles. The normalized spacial score (nSPS) is 13.6. The molecule has 1 amide bonds. The molecule has 272 valence electrons. The molecule has 0 aliphatic carbocycles. The number of hydrazine groups is 1. The van der Waals surface area contributed by atoms with Crippen LogP contribution < -0.4 is 4.72 Å². The van der Waals surface area contributed by atoms with E-state index in [2.05, 4.69) is 10.4 Å². The van der Waals surface area contributed by atoms with Crippen LogP contribution >= 0.6 is 0 Å². The Bertz CT molecular complexity index is 1980. The number of esters is 1. The monoisotopic (exact) mass is 730 g/mol. The van der Waals surface area contributed by atoms with Gasteiger partial charge in [0.25, 0.3) is 22.2 Å². The summed E-state index contributed by atoms with van der Waals surface area (Å²) >= 11 is 0. The van der Waals surface area contributed by atoms with E-state index in [1.165, 1.54) is 26.1 Å². The summed E-state index contributed by atoms with van der Waals surface area (Å²) in [5, 5.41) is 20.8. The molecule has 0 bridgehead atoms. The van der Waals surface area contributed by atoms with Crippen molar-refractivity contribution < 1.29 is 45.7 Å². The van der Waals surface area contributed by atoms with Gasteiger partial charge >= 0.3 is 12.1 Å². The predicted molar refractivity (Wildman–Crippen MR) is 178 cm³/mol. The van der Waals surface area contributed by atoms with Crippen molar-refractivity contribution in [2.75, 3.05) is 7.05 Å². The van der Waals surface area contributed by atoms with Crippen LogP contribution in [0.1, 0.15) is 44.5 Å². The number of hydrogen-bond donors (Lipinski definition) is 1. The number of nitrogens with one attached hydrogen (secondary N) is 1. The third-order valence-corrected chi connectivity index (χ3v) is 8.78. The minimum Gasteiger partial charge on any atom is -0.569 e. The summed E-state index contributed by atoms with van der Waals surface area (Å²) in [5.74, 6) is -1.71. The maximum atomic E-state index is 13.6. The van der Waals surface area contributed by atoms with Gasteiger partial charge in [0.1, 0.15) is 0 Å². The van der Waals surface area contributed by atoms with Crippen molar-refractivity contribution in [3.05, 3.63) is 107 Å². The Labute approximate surface area is 292 Å². The number of likely N-dealkylation sites (N-methyl/N-ethyl adjacent to an activating group) is 1. The molecule has 1 aromatic heterocycles. The number of halogens is 3. The fourth-order valence-corrected chi connectivity index (χ4v) is 5.55. The lowest BCUT2D eigenvalue weighted by molar-refractivity contribution is -0.712. The topological polar surface area (TPSA) is 158 Å². The van der Waals surface area contributed by atoms with Gasteiger partial charge in [0.05, 0.1) is 33.7 Å². The molecule has 4 aromatic rings. The first-order valence-electron chi connectivity index (χ1n) is 15.5. The highest BCUT2D eigenvalue weighted by molar-refractivity contribution is 7.90. The van der Waals surface area contributed by atoms with E-state index in [-0.39, 0.29) is 27.7 Å². The Morgan fingerprint density at radius 1 is 1.02 bits per heavy atom. The Balaban J connectivity index is 1.58. The third-order valence-electron chi connectivity index (χ3n) is 7.42. The van der Waals surface area contributed by atoms with E-state index in [1.807, 2.05) is 11.6 Å². The lowest BCUT2D eigenvalue weighted by Crippen LogP contribution is -2.50. The van der Waals surface area contributed by atoms with Gasteiger partial charge in [-0.3, -0.25) is 14.4 Å². The van der Waals surface area contributed by atoms with Crippen LogP contribution in [0.25, 0.3) is 16.9 Å². The maximum Gasteiger partial charge on any atom is 0.435 e. The second kappa shape index (κ2) is 15.2. The molecular weight excluding hydrogens is 693 g/mol. The maximum absolute atomic E-state index is 13.6. The second-order valence-corrected chi connectivity index (χ2v) is 14.3. The lowest BCUT2D eigenvalue weighted by atomic mass is 9.97. The molecule has 3 aromatic carbocycles. The van der Waals surface area contributed by atoms with Gasteiger partial charge in [-0.05, 0) is 63.6 Å². The van der Waals surface area contributed by atoms with E-state index in [9.17, 15) is 36.4 Å². The Morgan fingerprint density at radius 3 is 2.20 bits per heavy atom. The van der Waals surface area contributed by atoms with Gasteiger partial charge in [0, 0.05) is 18.9 Å². The first-order chi connectivity index (χ1) is 23.8. The fraction of sp³-hybridized carbons (Fsp3) is 0.324. The van der Waals surface area contributed by atoms with Gasteiger partial charge in [-0.15, -0.1) is 5.01 Å². The van der Waals surface area contributed by atoms with Crippen LogP contribution in [0.2, 0.25) is 0 Å². The third kappa shape index (κ3) is 9.84. The van der Waals surface area contributed by atoms with Gasteiger partial charge < -0.3 is 9.94 Å². The highest BCUT2D eigenvalue weighted by atomic mass is 32.2. The van der Waals surface area contributed by atoms with Crippen LogP contribution in [0.4, 0.5) is 13.2 Å². The van der Waals surface area contributed by atoms with E-state index in [4.69, 9.17) is 9.57 Å². The standard InChI is InChI=1S/C34H37F3N6O7S/c1-22-12-14-25(15-13-22)28-21-30(34(35,36)37)38-42(28)26-16-18-27(19-17-26)51(47,48)39-31(44)29(20-24-10-8-7-9-11-24)41(6)43(46)40-50-23(2)49-32(45)33(3,4)5/h7-19,21,23,29H,20H2,1-6H3,(H,39,44)/b43-40-/t23?,29-/m0/s1. The number of sulfonamides is 1. The molecule has 1 N–H and O–H groups in total. The fourth-order valence-electron chi connectivity index (χ4n) is 4.54. The summed E-state index contributed by atoms with van der Waals surface area (Å²) in [5.41, 5.74) is 0.182. The molecular formula is C34H37F3N6O7S. The molecule has 0 spiro atoms. The van der Waals surface area contributed by atoms with E-state index in [0.717, 1.165) is 33.5 Å². The highest BCUT2D eigenvalue weighted by Gasteiger charge is 2.36. The number of benzene rings is 3. The zero-order valence-corrected chi connectivity index (χ0v) is 29.4. The Morgan fingerprint density at radius 2 is 1.63 bits per heavy atom. The summed E-state index contributed by atoms with van der Waals surface area (Å²) in [6, 6.07) is 19.4. The number of nitrogens with zero attached hydrogens (tertiary/aromatic N) is 5. The number of carbonyl (C=O) groups is 2. The zero-order chi connectivity index (χ0) is 37.7. The van der Waals surface area contributed by atoms with Crippen LogP contribution in [-0.2, 0) is 41.8 Å². The molecule has 17 heteroatoms.